The van der Waals surface area contributed by atoms with Gasteiger partial charge in [-0.1, -0.05) is 0 Å². The molecule has 0 fully saturated rings. The number of hydrogen-bond donors (Lipinski definition) is 2. The van der Waals surface area contributed by atoms with Crippen LogP contribution in [0.1, 0.15) is 16.7 Å². The molecule has 146 valence electrons. The average molecular weight is 383 g/mol. The molecule has 3 aromatic rings. The lowest BCUT2D eigenvalue weighted by molar-refractivity contribution is -0.115. The van der Waals surface area contributed by atoms with Gasteiger partial charge in [-0.2, -0.15) is 0 Å². The number of aromatic hydroxyl groups is 1. The lowest BCUT2D eigenvalue weighted by Gasteiger charge is -2.13. The Morgan fingerprint density at radius 1 is 1.11 bits per heavy atom. The Morgan fingerprint density at radius 3 is 2.54 bits per heavy atom. The van der Waals surface area contributed by atoms with E-state index in [1.54, 1.807) is 38.1 Å². The lowest BCUT2D eigenvalue weighted by atomic mass is 10.0. The highest BCUT2D eigenvalue weighted by Crippen LogP contribution is 2.30. The molecular formula is C21H21NO6. The molecule has 0 saturated carbocycles. The zero-order valence-corrected chi connectivity index (χ0v) is 16.1. The molecule has 2 N–H and O–H groups in total. The number of carbonyl (C=O) groups is 1. The minimum Gasteiger partial charge on any atom is -0.508 e. The Hall–Kier alpha value is -3.48. The summed E-state index contributed by atoms with van der Waals surface area (Å²) in [6.07, 6.45) is -0.162. The number of phenols is 1. The van der Waals surface area contributed by atoms with Gasteiger partial charge >= 0.3 is 5.63 Å². The zero-order valence-electron chi connectivity index (χ0n) is 16.1. The van der Waals surface area contributed by atoms with Crippen molar-refractivity contribution in [1.29, 1.82) is 0 Å². The molecule has 0 unspecified atom stereocenters. The Bertz CT molecular complexity index is 1120. The fraction of sp³-hybridized carbons (Fsp3) is 0.238. The SMILES string of the molecule is COc1ccc(OC)c(NC(=O)Cc2c(C)c3ccc(O)c(C)c3oc2=O)c1. The maximum absolute atomic E-state index is 12.6. The highest BCUT2D eigenvalue weighted by atomic mass is 16.5. The van der Waals surface area contributed by atoms with Gasteiger partial charge in [-0.15, -0.1) is 0 Å². The third-order valence-electron chi connectivity index (χ3n) is 4.69. The van der Waals surface area contributed by atoms with Crippen LogP contribution in [0.4, 0.5) is 5.69 Å². The standard InChI is InChI=1S/C21H21NO6/c1-11-14-6-7-17(23)12(2)20(14)28-21(25)15(11)10-19(24)22-16-9-13(26-3)5-8-18(16)27-4/h5-9,23H,10H2,1-4H3,(H,22,24). The Labute approximate surface area is 161 Å². The van der Waals surface area contributed by atoms with Crippen LogP contribution in [0.15, 0.2) is 39.5 Å². The highest BCUT2D eigenvalue weighted by molar-refractivity contribution is 5.95. The largest absolute Gasteiger partial charge is 0.508 e. The molecule has 0 aliphatic heterocycles. The van der Waals surface area contributed by atoms with Crippen molar-refractivity contribution >= 4 is 22.6 Å². The van der Waals surface area contributed by atoms with Gasteiger partial charge in [0.25, 0.3) is 0 Å². The molecule has 1 heterocycles. The van der Waals surface area contributed by atoms with Crippen LogP contribution in [0.2, 0.25) is 0 Å². The predicted octanol–water partition coefficient (Wildman–Crippen LogP) is 3.31. The molecule has 7 nitrogen and oxygen atoms in total. The number of hydrogen-bond acceptors (Lipinski definition) is 6. The van der Waals surface area contributed by atoms with Gasteiger partial charge in [0.1, 0.15) is 22.8 Å². The van der Waals surface area contributed by atoms with Gasteiger partial charge in [0, 0.05) is 17.0 Å². The topological polar surface area (TPSA) is 98.0 Å². The lowest BCUT2D eigenvalue weighted by Crippen LogP contribution is -2.21. The molecule has 1 aromatic heterocycles. The number of phenolic OH excluding ortho intramolecular Hbond substituents is 1. The molecule has 0 aliphatic rings. The second kappa shape index (κ2) is 7.64. The predicted molar refractivity (Wildman–Crippen MR) is 106 cm³/mol. The smallest absolute Gasteiger partial charge is 0.340 e. The van der Waals surface area contributed by atoms with Crippen molar-refractivity contribution < 1.29 is 23.8 Å². The molecule has 2 aromatic carbocycles. The molecular weight excluding hydrogens is 362 g/mol. The van der Waals surface area contributed by atoms with Gasteiger partial charge in [0.15, 0.2) is 0 Å². The van der Waals surface area contributed by atoms with E-state index in [0.717, 1.165) is 0 Å². The van der Waals surface area contributed by atoms with Crippen LogP contribution >= 0.6 is 0 Å². The summed E-state index contributed by atoms with van der Waals surface area (Å²) in [7, 11) is 3.02. The van der Waals surface area contributed by atoms with E-state index in [1.807, 2.05) is 0 Å². The summed E-state index contributed by atoms with van der Waals surface area (Å²) in [5.41, 5.74) is 1.54. The van der Waals surface area contributed by atoms with Crippen LogP contribution in [-0.4, -0.2) is 25.2 Å². The van der Waals surface area contributed by atoms with Crippen LogP contribution in [-0.2, 0) is 11.2 Å². The van der Waals surface area contributed by atoms with Crippen molar-refractivity contribution in [3.63, 3.8) is 0 Å². The van der Waals surface area contributed by atoms with Crippen LogP contribution in [0.25, 0.3) is 11.0 Å². The maximum atomic E-state index is 12.6. The summed E-state index contributed by atoms with van der Waals surface area (Å²) >= 11 is 0. The minimum absolute atomic E-state index is 0.0469. The monoisotopic (exact) mass is 383 g/mol. The van der Waals surface area contributed by atoms with Crippen molar-refractivity contribution in [2.45, 2.75) is 20.3 Å². The van der Waals surface area contributed by atoms with Crippen molar-refractivity contribution in [2.75, 3.05) is 19.5 Å². The third kappa shape index (κ3) is 3.51. The fourth-order valence-corrected chi connectivity index (χ4v) is 3.05. The number of rotatable bonds is 5. The van der Waals surface area contributed by atoms with Gasteiger partial charge in [0.2, 0.25) is 5.91 Å². The van der Waals surface area contributed by atoms with Crippen LogP contribution in [0.5, 0.6) is 17.2 Å². The fourth-order valence-electron chi connectivity index (χ4n) is 3.05. The van der Waals surface area contributed by atoms with Gasteiger partial charge in [-0.05, 0) is 43.7 Å². The highest BCUT2D eigenvalue weighted by Gasteiger charge is 2.18. The van der Waals surface area contributed by atoms with Crippen molar-refractivity contribution in [1.82, 2.24) is 0 Å². The van der Waals surface area contributed by atoms with Crippen molar-refractivity contribution in [2.24, 2.45) is 0 Å². The van der Waals surface area contributed by atoms with Gasteiger partial charge in [-0.25, -0.2) is 4.79 Å². The molecule has 0 saturated heterocycles. The Morgan fingerprint density at radius 2 is 1.86 bits per heavy atom. The number of nitrogens with one attached hydrogen (secondary N) is 1. The first-order valence-electron chi connectivity index (χ1n) is 8.62. The van der Waals surface area contributed by atoms with Gasteiger partial charge < -0.3 is 24.3 Å². The van der Waals surface area contributed by atoms with E-state index in [0.29, 0.717) is 39.3 Å². The number of amides is 1. The number of methoxy groups -OCH3 is 2. The molecule has 0 radical (unpaired) electrons. The zero-order chi connectivity index (χ0) is 20.4. The van der Waals surface area contributed by atoms with E-state index in [2.05, 4.69) is 5.32 Å². The molecule has 0 bridgehead atoms. The summed E-state index contributed by atoms with van der Waals surface area (Å²) in [6, 6.07) is 8.24. The van der Waals surface area contributed by atoms with Gasteiger partial charge in [-0.3, -0.25) is 4.79 Å². The number of aryl methyl sites for hydroxylation is 2. The number of anilines is 1. The number of benzene rings is 2. The van der Waals surface area contributed by atoms with Crippen molar-refractivity contribution in [3.05, 3.63) is 57.4 Å². The molecule has 0 aliphatic carbocycles. The van der Waals surface area contributed by atoms with Crippen molar-refractivity contribution in [3.8, 4) is 17.2 Å². The Kier molecular flexibility index (Phi) is 5.26. The maximum Gasteiger partial charge on any atom is 0.340 e. The van der Waals surface area contributed by atoms with E-state index in [9.17, 15) is 14.7 Å². The quantitative estimate of drug-likeness (QED) is 0.656. The molecule has 1 amide bonds. The number of fused-ring (bicyclic) bond motifs is 1. The summed E-state index contributed by atoms with van der Waals surface area (Å²) in [4.78, 5) is 25.0. The number of ether oxygens (including phenoxy) is 2. The summed E-state index contributed by atoms with van der Waals surface area (Å²) < 4.78 is 15.8. The van der Waals surface area contributed by atoms with E-state index in [4.69, 9.17) is 13.9 Å². The number of carbonyl (C=O) groups excluding carboxylic acids is 1. The van der Waals surface area contributed by atoms with E-state index >= 15 is 0 Å². The second-order valence-corrected chi connectivity index (χ2v) is 6.37. The molecule has 3 rings (SSSR count). The molecule has 0 atom stereocenters. The summed E-state index contributed by atoms with van der Waals surface area (Å²) in [6.45, 7) is 3.42. The van der Waals surface area contributed by atoms with E-state index in [-0.39, 0.29) is 17.7 Å². The normalized spacial score (nSPS) is 10.7. The Balaban J connectivity index is 1.94. The molecule has 28 heavy (non-hydrogen) atoms. The average Bonchev–Trinajstić information content (AvgIpc) is 2.68. The van der Waals surface area contributed by atoms with Gasteiger partial charge in [0.05, 0.1) is 31.9 Å². The second-order valence-electron chi connectivity index (χ2n) is 6.37. The molecule has 0 spiro atoms. The minimum atomic E-state index is -0.605. The first-order valence-corrected chi connectivity index (χ1v) is 8.62. The first-order chi connectivity index (χ1) is 13.3. The van der Waals surface area contributed by atoms with E-state index in [1.165, 1.54) is 20.3 Å². The van der Waals surface area contributed by atoms with Crippen LogP contribution in [0.3, 0.4) is 0 Å². The summed E-state index contributed by atoms with van der Waals surface area (Å²) in [5.74, 6) is 0.692. The van der Waals surface area contributed by atoms with Crippen LogP contribution < -0.4 is 20.4 Å². The first kappa shape index (κ1) is 19.3. The van der Waals surface area contributed by atoms with Crippen LogP contribution in [0, 0.1) is 13.8 Å². The van der Waals surface area contributed by atoms with E-state index < -0.39 is 11.5 Å². The molecule has 7 heteroatoms. The summed E-state index contributed by atoms with van der Waals surface area (Å²) in [5, 5.41) is 13.2. The third-order valence-corrected chi connectivity index (χ3v) is 4.69.